The molecule has 7 heavy (non-hydrogen) atoms. The van der Waals surface area contributed by atoms with Gasteiger partial charge in [0.05, 0.1) is 6.61 Å². The Kier molecular flexibility index (Phi) is 3.97. The van der Waals surface area contributed by atoms with Gasteiger partial charge in [-0.2, -0.15) is 0 Å². The Morgan fingerprint density at radius 2 is 2.14 bits per heavy atom. The molecule has 0 saturated carbocycles. The van der Waals surface area contributed by atoms with Crippen LogP contribution in [0.15, 0.2) is 0 Å². The van der Waals surface area contributed by atoms with Crippen LogP contribution in [-0.4, -0.2) is 26.7 Å². The molecule has 0 aliphatic carbocycles. The van der Waals surface area contributed by atoms with E-state index < -0.39 is 10.9 Å². The molecule has 44 valence electrons. The van der Waals surface area contributed by atoms with E-state index in [1.165, 1.54) is 0 Å². The highest BCUT2D eigenvalue weighted by Crippen LogP contribution is 1.51. The van der Waals surface area contributed by atoms with Crippen molar-refractivity contribution < 1.29 is 13.5 Å². The third-order valence-electron chi connectivity index (χ3n) is 0.353. The van der Waals surface area contributed by atoms with Crippen LogP contribution < -0.4 is 4.72 Å². The van der Waals surface area contributed by atoms with Crippen LogP contribution >= 0.6 is 0 Å². The average molecular weight is 125 g/mol. The quantitative estimate of drug-likeness (QED) is 0.386. The smallest absolute Gasteiger partial charge is 0.201 e. The molecule has 0 atom stereocenters. The number of hydrogen-bond acceptors (Lipinski definition) is 3. The van der Waals surface area contributed by atoms with E-state index in [1.807, 2.05) is 4.72 Å². The second-order valence-corrected chi connectivity index (χ2v) is 1.72. The Labute approximate surface area is 43.2 Å². The van der Waals surface area contributed by atoms with Crippen LogP contribution in [0.2, 0.25) is 0 Å². The summed E-state index contributed by atoms with van der Waals surface area (Å²) < 4.78 is 21.1. The van der Waals surface area contributed by atoms with Crippen LogP contribution in [-0.2, 0) is 10.9 Å². The predicted octanol–water partition coefficient (Wildman–Crippen LogP) is -1.91. The number of thiol groups is 1. The van der Waals surface area contributed by atoms with Gasteiger partial charge >= 0.3 is 0 Å². The zero-order chi connectivity index (χ0) is 5.70. The van der Waals surface area contributed by atoms with Crippen molar-refractivity contribution in [1.29, 1.82) is 0 Å². The largest absolute Gasteiger partial charge is 0.395 e. The van der Waals surface area contributed by atoms with Crippen LogP contribution in [0.3, 0.4) is 0 Å². The zero-order valence-corrected chi connectivity index (χ0v) is 4.52. The van der Waals surface area contributed by atoms with Gasteiger partial charge in [-0.05, 0) is 0 Å². The molecule has 0 aliphatic rings. The van der Waals surface area contributed by atoms with E-state index in [0.29, 0.717) is 0 Å². The fourth-order valence-electron chi connectivity index (χ4n) is 0.141. The summed E-state index contributed by atoms with van der Waals surface area (Å²) in [4.78, 5) is 0. The Hall–Kier alpha value is -0.130. The Morgan fingerprint density at radius 3 is 2.29 bits per heavy atom. The normalized spacial score (nSPS) is 10.0. The summed E-state index contributed by atoms with van der Waals surface area (Å²) in [7, 11) is -2.52. The lowest BCUT2D eigenvalue weighted by Gasteiger charge is -1.85. The molecule has 0 amide bonds. The Balaban J connectivity index is 2.98. The number of hydrogen-bond donors (Lipinski definition) is 3. The molecule has 0 unspecified atom stereocenters. The second kappa shape index (κ2) is 4.04. The van der Waals surface area contributed by atoms with Gasteiger partial charge in [0, 0.05) is 6.54 Å². The van der Waals surface area contributed by atoms with Gasteiger partial charge in [-0.3, -0.25) is 0 Å². The molecule has 2 N–H and O–H groups in total. The van der Waals surface area contributed by atoms with Gasteiger partial charge in [0.1, 0.15) is 0 Å². The van der Waals surface area contributed by atoms with E-state index in [0.717, 1.165) is 0 Å². The number of nitrogens with one attached hydrogen (secondary N) is 1. The lowest BCUT2D eigenvalue weighted by molar-refractivity contribution is 0.301. The maximum absolute atomic E-state index is 9.57. The van der Waals surface area contributed by atoms with Crippen LogP contribution in [0.1, 0.15) is 0 Å². The van der Waals surface area contributed by atoms with Gasteiger partial charge < -0.3 is 5.11 Å². The fraction of sp³-hybridized carbons (Fsp3) is 1.00. The molecule has 4 nitrogen and oxygen atoms in total. The first-order chi connectivity index (χ1) is 3.27. The molecular weight excluding hydrogens is 118 g/mol. The summed E-state index contributed by atoms with van der Waals surface area (Å²) in [6.07, 6.45) is 0. The Bertz CT molecular complexity index is 91.1. The summed E-state index contributed by atoms with van der Waals surface area (Å²) >= 11 is 0. The lowest BCUT2D eigenvalue weighted by atomic mass is 10.8. The van der Waals surface area contributed by atoms with Crippen molar-refractivity contribution in [2.45, 2.75) is 0 Å². The minimum absolute atomic E-state index is 0.110. The van der Waals surface area contributed by atoms with E-state index >= 15 is 0 Å². The van der Waals surface area contributed by atoms with Gasteiger partial charge in [-0.1, -0.05) is 0 Å². The highest BCUT2D eigenvalue weighted by Gasteiger charge is 1.78. The first kappa shape index (κ1) is 6.87. The minimum Gasteiger partial charge on any atom is -0.395 e. The molecule has 0 rings (SSSR count). The highest BCUT2D eigenvalue weighted by molar-refractivity contribution is 7.70. The molecule has 0 spiro atoms. The maximum atomic E-state index is 9.57. The van der Waals surface area contributed by atoms with Gasteiger partial charge in [-0.15, -0.1) is 0 Å². The molecule has 0 saturated heterocycles. The molecule has 0 aromatic carbocycles. The van der Waals surface area contributed by atoms with Gasteiger partial charge in [0.2, 0.25) is 10.9 Å². The van der Waals surface area contributed by atoms with Crippen molar-refractivity contribution in [1.82, 2.24) is 4.72 Å². The third kappa shape index (κ3) is 5.87. The van der Waals surface area contributed by atoms with Crippen molar-refractivity contribution in [2.24, 2.45) is 0 Å². The van der Waals surface area contributed by atoms with Crippen LogP contribution in [0.25, 0.3) is 0 Å². The third-order valence-corrected chi connectivity index (χ3v) is 0.835. The summed E-state index contributed by atoms with van der Waals surface area (Å²) in [6, 6.07) is 0. The SMILES string of the molecule is O=[SH](=O)NCCO. The minimum atomic E-state index is -2.52. The molecule has 0 aromatic rings. The van der Waals surface area contributed by atoms with Gasteiger partial charge in [0.25, 0.3) is 0 Å². The van der Waals surface area contributed by atoms with Gasteiger partial charge in [0.15, 0.2) is 0 Å². The van der Waals surface area contributed by atoms with Crippen LogP contribution in [0, 0.1) is 0 Å². The Morgan fingerprint density at radius 1 is 1.57 bits per heavy atom. The van der Waals surface area contributed by atoms with E-state index in [4.69, 9.17) is 5.11 Å². The molecule has 0 radical (unpaired) electrons. The number of rotatable bonds is 3. The molecule has 0 aromatic heterocycles. The topological polar surface area (TPSA) is 66.4 Å². The van der Waals surface area contributed by atoms with Crippen molar-refractivity contribution in [2.75, 3.05) is 13.2 Å². The lowest BCUT2D eigenvalue weighted by Crippen LogP contribution is -2.15. The maximum Gasteiger partial charge on any atom is 0.201 e. The van der Waals surface area contributed by atoms with Crippen molar-refractivity contribution in [3.8, 4) is 0 Å². The monoisotopic (exact) mass is 125 g/mol. The highest BCUT2D eigenvalue weighted by atomic mass is 32.2. The summed E-state index contributed by atoms with van der Waals surface area (Å²) in [5.41, 5.74) is 0. The van der Waals surface area contributed by atoms with Gasteiger partial charge in [-0.25, -0.2) is 13.1 Å². The summed E-state index contributed by atoms with van der Waals surface area (Å²) in [5, 5.41) is 7.99. The standard InChI is InChI=1S/C2H7NO3S/c4-2-1-3-7(5)6/h4,7H,1-2H2,(H,3,5,6). The molecule has 0 aliphatic heterocycles. The van der Waals surface area contributed by atoms with E-state index in [2.05, 4.69) is 0 Å². The molecule has 0 bridgehead atoms. The summed E-state index contributed by atoms with van der Waals surface area (Å²) in [6.45, 7) is -0.0397. The molecular formula is C2H7NO3S. The van der Waals surface area contributed by atoms with Crippen molar-refractivity contribution >= 4 is 10.9 Å². The number of aliphatic hydroxyl groups is 1. The second-order valence-electron chi connectivity index (χ2n) is 0.889. The predicted molar refractivity (Wildman–Crippen MR) is 25.4 cm³/mol. The molecule has 0 fully saturated rings. The van der Waals surface area contributed by atoms with E-state index in [-0.39, 0.29) is 13.2 Å². The first-order valence-electron chi connectivity index (χ1n) is 1.76. The van der Waals surface area contributed by atoms with E-state index in [1.54, 1.807) is 0 Å². The van der Waals surface area contributed by atoms with Crippen molar-refractivity contribution in [3.63, 3.8) is 0 Å². The number of aliphatic hydroxyl groups excluding tert-OH is 1. The zero-order valence-electron chi connectivity index (χ0n) is 3.63. The first-order valence-corrected chi connectivity index (χ1v) is 2.94. The van der Waals surface area contributed by atoms with Crippen molar-refractivity contribution in [3.05, 3.63) is 0 Å². The van der Waals surface area contributed by atoms with Crippen LogP contribution in [0.5, 0.6) is 0 Å². The van der Waals surface area contributed by atoms with Crippen LogP contribution in [0.4, 0.5) is 0 Å². The average Bonchev–Trinajstić information content (AvgIpc) is 1.61. The van der Waals surface area contributed by atoms with E-state index in [9.17, 15) is 8.42 Å². The molecule has 5 heteroatoms. The fourth-order valence-corrected chi connectivity index (χ4v) is 0.424. The molecule has 0 heterocycles. The summed E-state index contributed by atoms with van der Waals surface area (Å²) in [5.74, 6) is 0.